The van der Waals surface area contributed by atoms with Crippen LogP contribution in [0.25, 0.3) is 22.3 Å². The highest BCUT2D eigenvalue weighted by molar-refractivity contribution is 5.86. The van der Waals surface area contributed by atoms with E-state index in [0.717, 1.165) is 38.2 Å². The molecule has 9 heteroatoms. The van der Waals surface area contributed by atoms with E-state index in [2.05, 4.69) is 16.8 Å². The van der Waals surface area contributed by atoms with Gasteiger partial charge in [0.15, 0.2) is 16.8 Å². The van der Waals surface area contributed by atoms with Crippen LogP contribution in [0.5, 0.6) is 17.2 Å². The molecular formula is C27H36Cl2N2O5. The summed E-state index contributed by atoms with van der Waals surface area (Å²) in [6.07, 6.45) is 6.13. The maximum absolute atomic E-state index is 12.4. The molecule has 36 heavy (non-hydrogen) atoms. The molecule has 3 aromatic rings. The third kappa shape index (κ3) is 7.77. The molecule has 0 radical (unpaired) electrons. The van der Waals surface area contributed by atoms with Crippen molar-refractivity contribution in [3.8, 4) is 28.6 Å². The lowest BCUT2D eigenvalue weighted by Gasteiger charge is -2.28. The molecule has 1 saturated heterocycles. The Morgan fingerprint density at radius 1 is 0.972 bits per heavy atom. The number of piperidine rings is 1. The van der Waals surface area contributed by atoms with E-state index < -0.39 is 5.75 Å². The molecule has 0 bridgehead atoms. The number of aromatic hydroxyl groups is 2. The van der Waals surface area contributed by atoms with Crippen LogP contribution in [0, 0.1) is 0 Å². The summed E-state index contributed by atoms with van der Waals surface area (Å²) in [6, 6.07) is 11.4. The molecule has 1 aliphatic rings. The number of halogens is 2. The Morgan fingerprint density at radius 3 is 2.42 bits per heavy atom. The largest absolute Gasteiger partial charge is 0.504 e. The first kappa shape index (κ1) is 29.8. The highest BCUT2D eigenvalue weighted by Crippen LogP contribution is 2.34. The number of fused-ring (bicyclic) bond motifs is 1. The average Bonchev–Trinajstić information content (AvgIpc) is 2.86. The van der Waals surface area contributed by atoms with E-state index in [9.17, 15) is 15.0 Å². The fourth-order valence-corrected chi connectivity index (χ4v) is 4.33. The summed E-state index contributed by atoms with van der Waals surface area (Å²) in [4.78, 5) is 17.4. The van der Waals surface area contributed by atoms with Crippen LogP contribution < -0.4 is 10.2 Å². The number of likely N-dealkylation sites (tertiary alicyclic amines) is 1. The van der Waals surface area contributed by atoms with Crippen molar-refractivity contribution in [2.24, 2.45) is 0 Å². The van der Waals surface area contributed by atoms with Crippen molar-refractivity contribution in [3.05, 3.63) is 52.7 Å². The number of likely N-dealkylation sites (N-methyl/N-ethyl adjacent to an activating group) is 1. The molecule has 2 heterocycles. The monoisotopic (exact) mass is 538 g/mol. The molecule has 1 fully saturated rings. The van der Waals surface area contributed by atoms with Gasteiger partial charge in [0.05, 0.1) is 12.0 Å². The van der Waals surface area contributed by atoms with Gasteiger partial charge in [-0.05, 0) is 88.8 Å². The zero-order valence-electron chi connectivity index (χ0n) is 20.6. The summed E-state index contributed by atoms with van der Waals surface area (Å²) in [5.41, 5.74) is 0.376. The van der Waals surface area contributed by atoms with E-state index in [4.69, 9.17) is 9.15 Å². The quantitative estimate of drug-likeness (QED) is 0.267. The Morgan fingerprint density at radius 2 is 1.69 bits per heavy atom. The van der Waals surface area contributed by atoms with E-state index in [1.165, 1.54) is 50.6 Å². The lowest BCUT2D eigenvalue weighted by molar-refractivity contribution is 0.193. The maximum Gasteiger partial charge on any atom is 0.201 e. The minimum atomic E-state index is -0.437. The van der Waals surface area contributed by atoms with Crippen LogP contribution in [0.3, 0.4) is 0 Å². The van der Waals surface area contributed by atoms with Crippen LogP contribution in [-0.2, 0) is 0 Å². The average molecular weight is 540 g/mol. The fourth-order valence-electron chi connectivity index (χ4n) is 4.33. The Kier molecular flexibility index (Phi) is 11.9. The van der Waals surface area contributed by atoms with Crippen LogP contribution in [0.2, 0.25) is 0 Å². The van der Waals surface area contributed by atoms with Crippen molar-refractivity contribution in [3.63, 3.8) is 0 Å². The number of phenols is 2. The molecule has 0 amide bonds. The summed E-state index contributed by atoms with van der Waals surface area (Å²) in [6.45, 7) is 6.50. The van der Waals surface area contributed by atoms with Gasteiger partial charge in [0.2, 0.25) is 5.75 Å². The first-order chi connectivity index (χ1) is 16.5. The van der Waals surface area contributed by atoms with Gasteiger partial charge in [0.1, 0.15) is 11.5 Å². The first-order valence-corrected chi connectivity index (χ1v) is 12.1. The lowest BCUT2D eigenvalue weighted by atomic mass is 10.1. The normalized spacial score (nSPS) is 13.8. The number of rotatable bonds is 10. The van der Waals surface area contributed by atoms with Crippen molar-refractivity contribution in [2.45, 2.75) is 32.1 Å². The third-order valence-electron chi connectivity index (χ3n) is 6.44. The summed E-state index contributed by atoms with van der Waals surface area (Å²) in [7, 11) is 2.19. The maximum atomic E-state index is 12.4. The molecule has 2 aromatic carbocycles. The SMILES string of the molecule is CN(CCCCOc1ccc(-c2cc(=O)c3ccc(O)c(O)c3o2)cc1)CCN1CCCCC1.Cl.Cl. The molecule has 1 aromatic heterocycles. The summed E-state index contributed by atoms with van der Waals surface area (Å²) < 4.78 is 11.6. The van der Waals surface area contributed by atoms with Crippen molar-refractivity contribution in [2.75, 3.05) is 46.4 Å². The smallest absolute Gasteiger partial charge is 0.201 e. The highest BCUT2D eigenvalue weighted by atomic mass is 35.5. The topological polar surface area (TPSA) is 86.4 Å². The molecule has 7 nitrogen and oxygen atoms in total. The van der Waals surface area contributed by atoms with Gasteiger partial charge in [0.25, 0.3) is 0 Å². The minimum absolute atomic E-state index is 0. The third-order valence-corrected chi connectivity index (χ3v) is 6.44. The highest BCUT2D eigenvalue weighted by Gasteiger charge is 2.14. The van der Waals surface area contributed by atoms with Gasteiger partial charge in [-0.3, -0.25) is 4.79 Å². The lowest BCUT2D eigenvalue weighted by Crippen LogP contribution is -2.36. The molecule has 4 rings (SSSR count). The predicted molar refractivity (Wildman–Crippen MR) is 148 cm³/mol. The van der Waals surface area contributed by atoms with Gasteiger partial charge < -0.3 is 29.2 Å². The number of ether oxygens (including phenoxy) is 1. The molecule has 0 spiro atoms. The molecule has 0 unspecified atom stereocenters. The summed E-state index contributed by atoms with van der Waals surface area (Å²) in [5.74, 6) is 0.307. The van der Waals surface area contributed by atoms with Crippen LogP contribution >= 0.6 is 24.8 Å². The van der Waals surface area contributed by atoms with E-state index in [0.29, 0.717) is 17.9 Å². The predicted octanol–water partition coefficient (Wildman–Crippen LogP) is 5.29. The van der Waals surface area contributed by atoms with Crippen molar-refractivity contribution in [1.29, 1.82) is 0 Å². The van der Waals surface area contributed by atoms with Crippen molar-refractivity contribution in [1.82, 2.24) is 9.80 Å². The number of hydrogen-bond donors (Lipinski definition) is 2. The van der Waals surface area contributed by atoms with Crippen molar-refractivity contribution < 1.29 is 19.4 Å². The van der Waals surface area contributed by atoms with Gasteiger partial charge in [-0.15, -0.1) is 24.8 Å². The number of phenolic OH excluding ortho intramolecular Hbond substituents is 2. The number of benzene rings is 2. The Labute approximate surface area is 224 Å². The molecule has 2 N–H and O–H groups in total. The van der Waals surface area contributed by atoms with Crippen LogP contribution in [-0.4, -0.2) is 66.4 Å². The summed E-state index contributed by atoms with van der Waals surface area (Å²) in [5, 5.41) is 20.0. The van der Waals surface area contributed by atoms with Gasteiger partial charge in [-0.25, -0.2) is 0 Å². The molecular weight excluding hydrogens is 503 g/mol. The van der Waals surface area contributed by atoms with Crippen LogP contribution in [0.15, 0.2) is 51.7 Å². The van der Waals surface area contributed by atoms with Gasteiger partial charge >= 0.3 is 0 Å². The van der Waals surface area contributed by atoms with Gasteiger partial charge in [-0.2, -0.15) is 0 Å². The van der Waals surface area contributed by atoms with Crippen molar-refractivity contribution >= 4 is 35.8 Å². The second-order valence-corrected chi connectivity index (χ2v) is 9.07. The second-order valence-electron chi connectivity index (χ2n) is 9.07. The van der Waals surface area contributed by atoms with Crippen LogP contribution in [0.4, 0.5) is 0 Å². The fraction of sp³-hybridized carbons (Fsp3) is 0.444. The molecule has 198 valence electrons. The van der Waals surface area contributed by atoms with E-state index in [-0.39, 0.29) is 47.0 Å². The molecule has 0 atom stereocenters. The molecule has 0 saturated carbocycles. The Bertz CT molecular complexity index is 1150. The number of nitrogens with zero attached hydrogens (tertiary/aromatic N) is 2. The second kappa shape index (κ2) is 14.3. The molecule has 1 aliphatic heterocycles. The molecule has 0 aliphatic carbocycles. The number of unbranched alkanes of at least 4 members (excludes halogenated alkanes) is 1. The minimum Gasteiger partial charge on any atom is -0.504 e. The van der Waals surface area contributed by atoms with E-state index in [1.807, 2.05) is 24.3 Å². The van der Waals surface area contributed by atoms with E-state index >= 15 is 0 Å². The number of hydrogen-bond acceptors (Lipinski definition) is 7. The van der Waals surface area contributed by atoms with Gasteiger partial charge in [0, 0.05) is 24.7 Å². The Balaban J connectivity index is 0.00000228. The standard InChI is InChI=1S/C27H34N2O5.2ClH/c1-28(16-17-29-14-3-2-4-15-29)13-5-6-18-33-21-9-7-20(8-10-21)25-19-24(31)22-11-12-23(30)26(32)27(22)34-25;;/h7-12,19,30,32H,2-6,13-18H2,1H3;2*1H. The summed E-state index contributed by atoms with van der Waals surface area (Å²) >= 11 is 0. The van der Waals surface area contributed by atoms with Gasteiger partial charge in [-0.1, -0.05) is 6.42 Å². The Hall–Kier alpha value is -2.45. The zero-order chi connectivity index (χ0) is 23.9. The first-order valence-electron chi connectivity index (χ1n) is 12.1. The zero-order valence-corrected chi connectivity index (χ0v) is 22.3. The van der Waals surface area contributed by atoms with Crippen LogP contribution in [0.1, 0.15) is 32.1 Å². The van der Waals surface area contributed by atoms with E-state index in [1.54, 1.807) is 0 Å².